The summed E-state index contributed by atoms with van der Waals surface area (Å²) in [5.74, 6) is -0.0601. The Labute approximate surface area is 127 Å². The standard InChI is InChI=1S/C14H18N4O4/c1-9-3-5-11(6-4-9)18-8-10(7-12(18)19)15-13(20)16-17-14(21)22-2/h3-6,10H,7-8H2,1-2H3,(H,17,21)(H2,15,16,20)/t10-/m0/s1. The van der Waals surface area contributed by atoms with E-state index >= 15 is 0 Å². The van der Waals surface area contributed by atoms with Crippen molar-refractivity contribution in [2.75, 3.05) is 18.6 Å². The lowest BCUT2D eigenvalue weighted by Crippen LogP contribution is -2.50. The van der Waals surface area contributed by atoms with Crippen LogP contribution in [-0.2, 0) is 9.53 Å². The van der Waals surface area contributed by atoms with Gasteiger partial charge in [0.1, 0.15) is 0 Å². The minimum absolute atomic E-state index is 0.0601. The lowest BCUT2D eigenvalue weighted by molar-refractivity contribution is -0.117. The highest BCUT2D eigenvalue weighted by Gasteiger charge is 2.31. The minimum Gasteiger partial charge on any atom is -0.452 e. The highest BCUT2D eigenvalue weighted by Crippen LogP contribution is 2.21. The summed E-state index contributed by atoms with van der Waals surface area (Å²) in [6.07, 6.45) is -0.571. The van der Waals surface area contributed by atoms with E-state index in [1.54, 1.807) is 4.90 Å². The summed E-state index contributed by atoms with van der Waals surface area (Å²) in [7, 11) is 1.18. The number of nitrogens with zero attached hydrogens (tertiary/aromatic N) is 1. The number of rotatable bonds is 2. The van der Waals surface area contributed by atoms with Crippen molar-refractivity contribution in [3.8, 4) is 0 Å². The highest BCUT2D eigenvalue weighted by molar-refractivity contribution is 5.96. The van der Waals surface area contributed by atoms with Crippen molar-refractivity contribution in [2.45, 2.75) is 19.4 Å². The third kappa shape index (κ3) is 3.87. The average molecular weight is 306 g/mol. The molecule has 22 heavy (non-hydrogen) atoms. The van der Waals surface area contributed by atoms with Crippen LogP contribution in [0.15, 0.2) is 24.3 Å². The number of methoxy groups -OCH3 is 1. The second-order valence-electron chi connectivity index (χ2n) is 4.96. The lowest BCUT2D eigenvalue weighted by Gasteiger charge is -2.17. The Morgan fingerprint density at radius 3 is 2.55 bits per heavy atom. The Bertz CT molecular complexity index is 573. The Hall–Kier alpha value is -2.77. The number of benzene rings is 1. The molecule has 0 aromatic heterocycles. The molecule has 4 amide bonds. The lowest BCUT2D eigenvalue weighted by atomic mass is 10.2. The fourth-order valence-electron chi connectivity index (χ4n) is 2.16. The SMILES string of the molecule is COC(=O)NNC(=O)N[C@H]1CC(=O)N(c2ccc(C)cc2)C1. The van der Waals surface area contributed by atoms with Crippen molar-refractivity contribution in [1.29, 1.82) is 0 Å². The zero-order chi connectivity index (χ0) is 16.1. The van der Waals surface area contributed by atoms with Gasteiger partial charge in [0.2, 0.25) is 5.91 Å². The fourth-order valence-corrected chi connectivity index (χ4v) is 2.16. The Morgan fingerprint density at radius 1 is 1.23 bits per heavy atom. The van der Waals surface area contributed by atoms with Gasteiger partial charge in [-0.3, -0.25) is 4.79 Å². The quantitative estimate of drug-likeness (QED) is 0.699. The zero-order valence-corrected chi connectivity index (χ0v) is 12.4. The molecule has 3 N–H and O–H groups in total. The predicted octanol–water partition coefficient (Wildman–Crippen LogP) is 0.671. The van der Waals surface area contributed by atoms with Gasteiger partial charge in [-0.25, -0.2) is 20.4 Å². The van der Waals surface area contributed by atoms with Crippen LogP contribution in [0.2, 0.25) is 0 Å². The maximum absolute atomic E-state index is 12.0. The number of amides is 4. The van der Waals surface area contributed by atoms with E-state index in [0.29, 0.717) is 6.54 Å². The smallest absolute Gasteiger partial charge is 0.425 e. The summed E-state index contributed by atoms with van der Waals surface area (Å²) in [5.41, 5.74) is 6.09. The summed E-state index contributed by atoms with van der Waals surface area (Å²) < 4.78 is 4.32. The van der Waals surface area contributed by atoms with Crippen LogP contribution in [0.3, 0.4) is 0 Å². The Morgan fingerprint density at radius 2 is 1.91 bits per heavy atom. The first kappa shape index (κ1) is 15.6. The Kier molecular flexibility index (Phi) is 4.82. The van der Waals surface area contributed by atoms with Gasteiger partial charge >= 0.3 is 12.1 Å². The molecule has 1 fully saturated rings. The van der Waals surface area contributed by atoms with Gasteiger partial charge in [0.25, 0.3) is 0 Å². The first-order valence-electron chi connectivity index (χ1n) is 6.77. The van der Waals surface area contributed by atoms with E-state index in [4.69, 9.17) is 0 Å². The van der Waals surface area contributed by atoms with E-state index in [-0.39, 0.29) is 18.4 Å². The number of ether oxygens (including phenoxy) is 1. The maximum atomic E-state index is 12.0. The van der Waals surface area contributed by atoms with Crippen molar-refractivity contribution in [2.24, 2.45) is 0 Å². The molecule has 1 atom stereocenters. The number of carbonyl (C=O) groups is 3. The summed E-state index contributed by atoms with van der Waals surface area (Å²) >= 11 is 0. The van der Waals surface area contributed by atoms with E-state index in [2.05, 4.69) is 15.5 Å². The number of aryl methyl sites for hydroxylation is 1. The fraction of sp³-hybridized carbons (Fsp3) is 0.357. The normalized spacial score (nSPS) is 17.1. The zero-order valence-electron chi connectivity index (χ0n) is 12.4. The summed E-state index contributed by atoms with van der Waals surface area (Å²) in [5, 5.41) is 2.62. The number of hydrogen-bond acceptors (Lipinski definition) is 4. The second-order valence-corrected chi connectivity index (χ2v) is 4.96. The number of hydrazine groups is 1. The molecule has 0 aliphatic carbocycles. The molecule has 8 heteroatoms. The van der Waals surface area contributed by atoms with Crippen molar-refractivity contribution < 1.29 is 19.1 Å². The van der Waals surface area contributed by atoms with E-state index in [1.807, 2.05) is 36.6 Å². The van der Waals surface area contributed by atoms with Crippen LogP contribution >= 0.6 is 0 Å². The first-order valence-corrected chi connectivity index (χ1v) is 6.77. The van der Waals surface area contributed by atoms with Crippen LogP contribution in [0.4, 0.5) is 15.3 Å². The number of urea groups is 1. The topological polar surface area (TPSA) is 99.8 Å². The predicted molar refractivity (Wildman–Crippen MR) is 79.1 cm³/mol. The van der Waals surface area contributed by atoms with E-state index in [0.717, 1.165) is 11.3 Å². The highest BCUT2D eigenvalue weighted by atomic mass is 16.5. The average Bonchev–Trinajstić information content (AvgIpc) is 2.86. The molecule has 1 saturated heterocycles. The summed E-state index contributed by atoms with van der Waals surface area (Å²) in [6.45, 7) is 2.35. The van der Waals surface area contributed by atoms with Crippen LogP contribution < -0.4 is 21.1 Å². The van der Waals surface area contributed by atoms with Gasteiger partial charge in [0.05, 0.1) is 13.2 Å². The third-order valence-corrected chi connectivity index (χ3v) is 3.27. The molecule has 1 heterocycles. The molecule has 0 radical (unpaired) electrons. The van der Waals surface area contributed by atoms with E-state index in [1.165, 1.54) is 7.11 Å². The molecule has 2 rings (SSSR count). The summed E-state index contributed by atoms with van der Waals surface area (Å²) in [4.78, 5) is 36.1. The number of nitrogens with one attached hydrogen (secondary N) is 3. The number of hydrogen-bond donors (Lipinski definition) is 3. The molecule has 1 aliphatic rings. The molecule has 8 nitrogen and oxygen atoms in total. The van der Waals surface area contributed by atoms with Gasteiger partial charge in [-0.15, -0.1) is 0 Å². The molecule has 1 aromatic carbocycles. The second kappa shape index (κ2) is 6.79. The van der Waals surface area contributed by atoms with Gasteiger partial charge in [-0.05, 0) is 19.1 Å². The van der Waals surface area contributed by atoms with Crippen molar-refractivity contribution in [1.82, 2.24) is 16.2 Å². The van der Waals surface area contributed by atoms with Gasteiger partial charge in [-0.1, -0.05) is 17.7 Å². The maximum Gasteiger partial charge on any atom is 0.425 e. The molecule has 1 aromatic rings. The van der Waals surface area contributed by atoms with Gasteiger partial charge in [0, 0.05) is 18.7 Å². The van der Waals surface area contributed by atoms with Crippen LogP contribution in [0.5, 0.6) is 0 Å². The molecule has 0 unspecified atom stereocenters. The largest absolute Gasteiger partial charge is 0.452 e. The van der Waals surface area contributed by atoms with Gasteiger partial charge in [-0.2, -0.15) is 0 Å². The van der Waals surface area contributed by atoms with Crippen LogP contribution in [0.1, 0.15) is 12.0 Å². The molecule has 118 valence electrons. The Balaban J connectivity index is 1.88. The molecule has 1 aliphatic heterocycles. The van der Waals surface area contributed by atoms with Crippen molar-refractivity contribution in [3.05, 3.63) is 29.8 Å². The summed E-state index contributed by atoms with van der Waals surface area (Å²) in [6, 6.07) is 6.66. The van der Waals surface area contributed by atoms with E-state index < -0.39 is 12.1 Å². The molecular weight excluding hydrogens is 288 g/mol. The van der Waals surface area contributed by atoms with Crippen molar-refractivity contribution >= 4 is 23.7 Å². The van der Waals surface area contributed by atoms with Crippen LogP contribution in [0.25, 0.3) is 0 Å². The van der Waals surface area contributed by atoms with E-state index in [9.17, 15) is 14.4 Å². The van der Waals surface area contributed by atoms with Gasteiger partial charge < -0.3 is 15.0 Å². The molecule has 0 bridgehead atoms. The number of anilines is 1. The monoisotopic (exact) mass is 306 g/mol. The molecule has 0 saturated carbocycles. The number of carbonyl (C=O) groups excluding carboxylic acids is 3. The van der Waals surface area contributed by atoms with Gasteiger partial charge in [0.15, 0.2) is 0 Å². The molecule has 0 spiro atoms. The third-order valence-electron chi connectivity index (χ3n) is 3.27. The van der Waals surface area contributed by atoms with Crippen LogP contribution in [-0.4, -0.2) is 37.7 Å². The minimum atomic E-state index is -0.779. The molecular formula is C14H18N4O4. The van der Waals surface area contributed by atoms with Crippen LogP contribution in [0, 0.1) is 6.92 Å². The first-order chi connectivity index (χ1) is 10.5. The van der Waals surface area contributed by atoms with Crippen molar-refractivity contribution in [3.63, 3.8) is 0 Å².